The Kier molecular flexibility index (Phi) is 11.0. The van der Waals surface area contributed by atoms with Gasteiger partial charge in [0.1, 0.15) is 17.6 Å². The molecule has 0 radical (unpaired) electrons. The van der Waals surface area contributed by atoms with Crippen LogP contribution in [0.4, 0.5) is 5.13 Å². The summed E-state index contributed by atoms with van der Waals surface area (Å²) in [5.74, 6) is -5.52. The van der Waals surface area contributed by atoms with Gasteiger partial charge in [-0.05, 0) is 19.9 Å². The smallest absolute Gasteiger partial charge is 0.363 e. The number of methoxy groups -OCH3 is 1. The number of carbonyl (C=O) groups excluding carboxylic acids is 5. The zero-order chi connectivity index (χ0) is 31.3. The fourth-order valence-corrected chi connectivity index (χ4v) is 5.37. The minimum absolute atomic E-state index is 0.0147. The topological polar surface area (TPSA) is 220 Å². The molecule has 2 rings (SSSR count). The quantitative estimate of drug-likeness (QED) is 0.0499. The Morgan fingerprint density at radius 1 is 1.27 bits per heavy atom. The Bertz CT molecular complexity index is 1340. The van der Waals surface area contributed by atoms with Gasteiger partial charge in [-0.25, -0.2) is 14.6 Å². The Labute approximate surface area is 245 Å². The molecule has 1 aromatic heterocycles. The highest BCUT2D eigenvalue weighted by molar-refractivity contribution is 7.84. The first-order chi connectivity index (χ1) is 18.8. The molecule has 0 aromatic carbocycles. The lowest BCUT2D eigenvalue weighted by atomic mass is 9.98. The molecule has 1 aliphatic rings. The van der Waals surface area contributed by atoms with E-state index in [0.717, 1.165) is 18.4 Å². The van der Waals surface area contributed by atoms with E-state index in [1.54, 1.807) is 0 Å². The van der Waals surface area contributed by atoms with Crippen LogP contribution in [0, 0.1) is 0 Å². The molecule has 2 heterocycles. The number of esters is 2. The zero-order valence-electron chi connectivity index (χ0n) is 22.9. The van der Waals surface area contributed by atoms with E-state index in [0.29, 0.717) is 6.04 Å². The number of halogens is 1. The molecule has 16 nitrogen and oxygen atoms in total. The number of amides is 3. The number of carbonyl (C=O) groups is 5. The van der Waals surface area contributed by atoms with Crippen molar-refractivity contribution in [3.05, 3.63) is 11.1 Å². The van der Waals surface area contributed by atoms with Crippen molar-refractivity contribution in [3.8, 4) is 0 Å². The molecule has 1 aromatic rings. The van der Waals surface area contributed by atoms with Gasteiger partial charge in [0.15, 0.2) is 16.9 Å². The van der Waals surface area contributed by atoms with Gasteiger partial charge in [-0.1, -0.05) is 24.8 Å². The first-order valence-electron chi connectivity index (χ1n) is 11.8. The second-order valence-corrected chi connectivity index (χ2v) is 18.3. The van der Waals surface area contributed by atoms with Gasteiger partial charge in [0.05, 0.1) is 13.7 Å². The first kappa shape index (κ1) is 34.1. The minimum atomic E-state index is -5.16. The minimum Gasteiger partial charge on any atom is -0.467 e. The maximum atomic E-state index is 13.2. The summed E-state index contributed by atoms with van der Waals surface area (Å²) in [7, 11) is -5.76. The van der Waals surface area contributed by atoms with Crippen molar-refractivity contribution in [2.45, 2.75) is 57.2 Å². The number of hydrogen-bond acceptors (Lipinski definition) is 13. The van der Waals surface area contributed by atoms with Gasteiger partial charge < -0.3 is 24.9 Å². The van der Waals surface area contributed by atoms with E-state index in [9.17, 15) is 36.9 Å². The number of alkyl halides is 1. The molecule has 0 saturated carbocycles. The number of anilines is 1. The van der Waals surface area contributed by atoms with Crippen LogP contribution in [0.5, 0.6) is 0 Å². The van der Waals surface area contributed by atoms with Crippen LogP contribution in [0.15, 0.2) is 10.5 Å². The van der Waals surface area contributed by atoms with Gasteiger partial charge in [-0.15, -0.1) is 22.9 Å². The summed E-state index contributed by atoms with van der Waals surface area (Å²) in [6.07, 6.45) is 0. The Morgan fingerprint density at radius 3 is 2.44 bits per heavy atom. The van der Waals surface area contributed by atoms with E-state index in [1.165, 1.54) is 19.2 Å². The zero-order valence-corrected chi connectivity index (χ0v) is 26.3. The number of nitrogens with zero attached hydrogens (tertiary/aromatic N) is 3. The highest BCUT2D eigenvalue weighted by Crippen LogP contribution is 2.25. The van der Waals surface area contributed by atoms with Crippen molar-refractivity contribution in [1.82, 2.24) is 14.6 Å². The third-order valence-electron chi connectivity index (χ3n) is 5.30. The lowest BCUT2D eigenvalue weighted by Gasteiger charge is -2.41. The summed E-state index contributed by atoms with van der Waals surface area (Å²) >= 11 is 6.36. The summed E-state index contributed by atoms with van der Waals surface area (Å²) in [5, 5.41) is 9.57. The molecule has 1 saturated heterocycles. The molecule has 2 atom stereocenters. The molecule has 20 heteroatoms. The SMILES string of the molecule is COC(=O)C1C(NC(=O)/C(=N\OC(C)(C)C(=O)OCC[Si](C)(C)C)c2csc(NC(=O)CCl)n2)C(=O)N1S(=O)(=O)O. The van der Waals surface area contributed by atoms with Gasteiger partial charge in [0.2, 0.25) is 11.5 Å². The number of hydrogen-bond donors (Lipinski definition) is 3. The average molecular weight is 656 g/mol. The predicted molar refractivity (Wildman–Crippen MR) is 148 cm³/mol. The molecule has 0 spiro atoms. The number of rotatable bonds is 13. The van der Waals surface area contributed by atoms with E-state index in [1.807, 2.05) is 0 Å². The molecular formula is C21H30ClN5O11S2Si. The number of nitrogens with one attached hydrogen (secondary N) is 2. The summed E-state index contributed by atoms with van der Waals surface area (Å²) in [4.78, 5) is 71.5. The molecule has 3 N–H and O–H groups in total. The molecule has 41 heavy (non-hydrogen) atoms. The van der Waals surface area contributed by atoms with Crippen molar-refractivity contribution in [1.29, 1.82) is 0 Å². The lowest BCUT2D eigenvalue weighted by Crippen LogP contribution is -2.74. The second kappa shape index (κ2) is 13.2. The number of thiazole rings is 1. The highest BCUT2D eigenvalue weighted by Gasteiger charge is 2.58. The van der Waals surface area contributed by atoms with Gasteiger partial charge >= 0.3 is 22.2 Å². The van der Waals surface area contributed by atoms with Crippen molar-refractivity contribution in [2.75, 3.05) is 24.9 Å². The molecule has 0 aliphatic carbocycles. The Hall–Kier alpha value is -3.13. The van der Waals surface area contributed by atoms with E-state index in [2.05, 4.69) is 45.2 Å². The van der Waals surface area contributed by atoms with Crippen LogP contribution in [0.2, 0.25) is 25.7 Å². The summed E-state index contributed by atoms with van der Waals surface area (Å²) < 4.78 is 42.1. The second-order valence-electron chi connectivity index (χ2n) is 10.2. The Balaban J connectivity index is 2.36. The van der Waals surface area contributed by atoms with Crippen molar-refractivity contribution in [3.63, 3.8) is 0 Å². The fraction of sp³-hybridized carbons (Fsp3) is 0.571. The lowest BCUT2D eigenvalue weighted by molar-refractivity contribution is -0.167. The number of oxime groups is 1. The molecule has 1 fully saturated rings. The third kappa shape index (κ3) is 8.92. The van der Waals surface area contributed by atoms with Crippen molar-refractivity contribution < 1.29 is 51.3 Å². The van der Waals surface area contributed by atoms with Crippen LogP contribution >= 0.6 is 22.9 Å². The van der Waals surface area contributed by atoms with Crippen LogP contribution in [0.25, 0.3) is 0 Å². The predicted octanol–water partition coefficient (Wildman–Crippen LogP) is 0.373. The molecule has 2 unspecified atom stereocenters. The maximum absolute atomic E-state index is 13.2. The highest BCUT2D eigenvalue weighted by atomic mass is 35.5. The largest absolute Gasteiger partial charge is 0.467 e. The van der Waals surface area contributed by atoms with Crippen LogP contribution in [0.1, 0.15) is 19.5 Å². The van der Waals surface area contributed by atoms with Gasteiger partial charge in [0.25, 0.3) is 11.8 Å². The Morgan fingerprint density at radius 2 is 1.90 bits per heavy atom. The maximum Gasteiger partial charge on any atom is 0.363 e. The van der Waals surface area contributed by atoms with Crippen LogP contribution in [-0.4, -0.2) is 103 Å². The first-order valence-corrected chi connectivity index (χ1v) is 18.3. The number of β-lactam (4-membered cyclic amide) rings is 1. The normalized spacial score (nSPS) is 17.8. The van der Waals surface area contributed by atoms with Crippen molar-refractivity contribution >= 4 is 81.8 Å². The van der Waals surface area contributed by atoms with Crippen LogP contribution in [0.3, 0.4) is 0 Å². The molecule has 0 bridgehead atoms. The van der Waals surface area contributed by atoms with Crippen LogP contribution < -0.4 is 10.6 Å². The van der Waals surface area contributed by atoms with Gasteiger partial charge in [0, 0.05) is 13.5 Å². The number of aromatic nitrogens is 1. The summed E-state index contributed by atoms with van der Waals surface area (Å²) in [5.41, 5.74) is -2.50. The molecular weight excluding hydrogens is 626 g/mol. The van der Waals surface area contributed by atoms with Gasteiger partial charge in [-0.2, -0.15) is 12.7 Å². The summed E-state index contributed by atoms with van der Waals surface area (Å²) in [6, 6.07) is -3.00. The average Bonchev–Trinajstić information content (AvgIpc) is 3.31. The summed E-state index contributed by atoms with van der Waals surface area (Å²) in [6.45, 7) is 9.12. The third-order valence-corrected chi connectivity index (χ3v) is 8.91. The van der Waals surface area contributed by atoms with Crippen LogP contribution in [-0.2, 0) is 48.6 Å². The van der Waals surface area contributed by atoms with Gasteiger partial charge in [-0.3, -0.25) is 18.9 Å². The van der Waals surface area contributed by atoms with E-state index in [-0.39, 0.29) is 27.6 Å². The molecule has 3 amide bonds. The van der Waals surface area contributed by atoms with E-state index >= 15 is 0 Å². The number of ether oxygens (including phenoxy) is 2. The molecule has 228 valence electrons. The van der Waals surface area contributed by atoms with E-state index < -0.39 is 71.4 Å². The van der Waals surface area contributed by atoms with E-state index in [4.69, 9.17) is 21.2 Å². The van der Waals surface area contributed by atoms with Crippen molar-refractivity contribution in [2.24, 2.45) is 5.16 Å². The fourth-order valence-electron chi connectivity index (χ4n) is 3.04. The standard InChI is InChI=1S/C21H30ClN5O11S2Si/c1-21(2,19(32)37-7-8-41(4,5)6)38-26-13(11-10-39-20(23-11)24-12(28)9-22)16(29)25-14-15(18(31)36-3)27(17(14)30)40(33,34)35/h10,14-15H,7-9H2,1-6H3,(H,25,29)(H,23,24,28)(H,33,34,35)/b26-13-. The monoisotopic (exact) mass is 655 g/mol. The molecule has 1 aliphatic heterocycles.